The number of unbranched alkanes of at least 4 members (excludes halogenated alkanes) is 1. The van der Waals surface area contributed by atoms with E-state index in [1.165, 1.54) is 10.4 Å². The van der Waals surface area contributed by atoms with Crippen LogP contribution in [0, 0.1) is 11.8 Å². The summed E-state index contributed by atoms with van der Waals surface area (Å²) in [7, 11) is -2.40. The highest BCUT2D eigenvalue weighted by Crippen LogP contribution is 2.38. The molecule has 0 unspecified atom stereocenters. The molecule has 0 aliphatic carbocycles. The van der Waals surface area contributed by atoms with E-state index < -0.39 is 16.6 Å². The average molecular weight is 581 g/mol. The van der Waals surface area contributed by atoms with E-state index in [4.69, 9.17) is 13.6 Å². The molecule has 0 radical (unpaired) electrons. The molecule has 40 heavy (non-hydrogen) atoms. The lowest BCUT2D eigenvalue weighted by atomic mass is 10.1. The molecule has 2 atom stereocenters. The fourth-order valence-electron chi connectivity index (χ4n) is 4.98. The van der Waals surface area contributed by atoms with Crippen molar-refractivity contribution >= 4 is 27.0 Å². The molecule has 0 N–H and O–H groups in total. The average Bonchev–Trinajstić information content (AvgIpc) is 2.89. The Hall–Kier alpha value is -1.69. The zero-order valence-electron chi connectivity index (χ0n) is 27.1. The van der Waals surface area contributed by atoms with Gasteiger partial charge in [0.25, 0.3) is 8.32 Å². The lowest BCUT2D eigenvalue weighted by Crippen LogP contribution is -2.67. The zero-order chi connectivity index (χ0) is 29.9. The van der Waals surface area contributed by atoms with Crippen molar-refractivity contribution in [2.75, 3.05) is 13.7 Å². The van der Waals surface area contributed by atoms with Crippen molar-refractivity contribution in [3.05, 3.63) is 60.7 Å². The third-order valence-corrected chi connectivity index (χ3v) is 18.2. The van der Waals surface area contributed by atoms with E-state index in [1.54, 1.807) is 7.11 Å². The third-order valence-electron chi connectivity index (χ3n) is 8.47. The number of hydrogen-bond acceptors (Lipinski definition) is 3. The SMILES string of the molecule is CO[C@@H](CCC#CCCC[C@@H](C)O[Si](c1ccccc1)(c1ccccc1)C(C)(C)C)CCO[Si](C)(C)C(C)(C)C. The monoisotopic (exact) mass is 580 g/mol. The molecule has 2 aromatic rings. The second-order valence-electron chi connectivity index (χ2n) is 13.6. The summed E-state index contributed by atoms with van der Waals surface area (Å²) in [5.74, 6) is 6.79. The van der Waals surface area contributed by atoms with Gasteiger partial charge in [0.2, 0.25) is 0 Å². The second-order valence-corrected chi connectivity index (χ2v) is 22.7. The van der Waals surface area contributed by atoms with E-state index in [0.717, 1.165) is 45.1 Å². The van der Waals surface area contributed by atoms with Crippen LogP contribution in [-0.2, 0) is 13.6 Å². The van der Waals surface area contributed by atoms with Crippen LogP contribution in [0.5, 0.6) is 0 Å². The first-order valence-corrected chi connectivity index (χ1v) is 20.0. The standard InChI is InChI=1S/C35H56O3Si2/c1-30(22-16-12-11-13-17-23-31(36-8)28-29-37-39(9,10)34(2,3)4)38-40(35(5,6)7,32-24-18-14-19-25-32)33-26-20-15-21-27-33/h14-15,18-21,24-27,30-31H,12,16-17,22-23,28-29H2,1-10H3/t30-,31+/m1/s1. The normalized spacial score (nSPS) is 14.3. The van der Waals surface area contributed by atoms with Crippen LogP contribution in [0.2, 0.25) is 23.2 Å². The van der Waals surface area contributed by atoms with Crippen LogP contribution in [0.1, 0.15) is 87.0 Å². The van der Waals surface area contributed by atoms with Crippen molar-refractivity contribution in [3.8, 4) is 11.8 Å². The molecule has 0 heterocycles. The Balaban J connectivity index is 1.90. The van der Waals surface area contributed by atoms with Crippen molar-refractivity contribution < 1.29 is 13.6 Å². The minimum Gasteiger partial charge on any atom is -0.417 e. The Morgan fingerprint density at radius 1 is 0.725 bits per heavy atom. The van der Waals surface area contributed by atoms with Crippen LogP contribution in [0.25, 0.3) is 0 Å². The maximum absolute atomic E-state index is 7.20. The third kappa shape index (κ3) is 9.70. The van der Waals surface area contributed by atoms with Crippen LogP contribution < -0.4 is 10.4 Å². The van der Waals surface area contributed by atoms with Crippen molar-refractivity contribution in [3.63, 3.8) is 0 Å². The molecular weight excluding hydrogens is 525 g/mol. The maximum Gasteiger partial charge on any atom is 0.261 e. The Kier molecular flexibility index (Phi) is 13.4. The minimum absolute atomic E-state index is 0.00259. The van der Waals surface area contributed by atoms with Crippen LogP contribution >= 0.6 is 0 Å². The number of ether oxygens (including phenoxy) is 1. The predicted molar refractivity (Wildman–Crippen MR) is 178 cm³/mol. The van der Waals surface area contributed by atoms with Gasteiger partial charge in [-0.15, -0.1) is 11.8 Å². The van der Waals surface area contributed by atoms with Crippen molar-refractivity contribution in [1.82, 2.24) is 0 Å². The van der Waals surface area contributed by atoms with Gasteiger partial charge in [0.05, 0.1) is 6.10 Å². The van der Waals surface area contributed by atoms with Gasteiger partial charge >= 0.3 is 0 Å². The van der Waals surface area contributed by atoms with Gasteiger partial charge in [0.15, 0.2) is 8.32 Å². The van der Waals surface area contributed by atoms with Crippen LogP contribution in [0.4, 0.5) is 0 Å². The van der Waals surface area contributed by atoms with Crippen LogP contribution in [0.3, 0.4) is 0 Å². The quantitative estimate of drug-likeness (QED) is 0.128. The summed E-state index contributed by atoms with van der Waals surface area (Å²) in [5.41, 5.74) is 0. The lowest BCUT2D eigenvalue weighted by Gasteiger charge is -2.44. The van der Waals surface area contributed by atoms with Crippen LogP contribution in [0.15, 0.2) is 60.7 Å². The van der Waals surface area contributed by atoms with E-state index in [2.05, 4.69) is 134 Å². The van der Waals surface area contributed by atoms with Gasteiger partial charge in [-0.25, -0.2) is 0 Å². The van der Waals surface area contributed by atoms with Gasteiger partial charge in [-0.1, -0.05) is 102 Å². The summed E-state index contributed by atoms with van der Waals surface area (Å²) in [5, 5.41) is 2.91. The molecule has 222 valence electrons. The molecule has 3 nitrogen and oxygen atoms in total. The van der Waals surface area contributed by atoms with Gasteiger partial charge in [-0.3, -0.25) is 0 Å². The first-order chi connectivity index (χ1) is 18.7. The molecule has 0 aliphatic rings. The topological polar surface area (TPSA) is 27.7 Å². The van der Waals surface area contributed by atoms with Gasteiger partial charge in [-0.05, 0) is 66.2 Å². The molecule has 0 aromatic heterocycles. The molecule has 0 fully saturated rings. The molecule has 0 saturated carbocycles. The Labute approximate surface area is 248 Å². The predicted octanol–water partition coefficient (Wildman–Crippen LogP) is 8.33. The van der Waals surface area contributed by atoms with Gasteiger partial charge in [-0.2, -0.15) is 0 Å². The summed E-state index contributed by atoms with van der Waals surface area (Å²) < 4.78 is 19.2. The van der Waals surface area contributed by atoms with Crippen molar-refractivity contribution in [2.24, 2.45) is 0 Å². The minimum atomic E-state index is -2.50. The largest absolute Gasteiger partial charge is 0.417 e. The van der Waals surface area contributed by atoms with E-state index in [1.807, 2.05) is 0 Å². The molecule has 0 bridgehead atoms. The summed E-state index contributed by atoms with van der Waals surface area (Å²) >= 11 is 0. The molecule has 2 aromatic carbocycles. The summed E-state index contributed by atoms with van der Waals surface area (Å²) in [6.07, 6.45) is 6.07. The maximum atomic E-state index is 7.20. The number of rotatable bonds is 14. The molecular formula is C35H56O3Si2. The molecule has 2 rings (SSSR count). The fourth-order valence-corrected chi connectivity index (χ4v) is 10.8. The second kappa shape index (κ2) is 15.5. The number of benzene rings is 2. The van der Waals surface area contributed by atoms with Gasteiger partial charge in [0.1, 0.15) is 0 Å². The first-order valence-electron chi connectivity index (χ1n) is 15.2. The highest BCUT2D eigenvalue weighted by Gasteiger charge is 2.50. The van der Waals surface area contributed by atoms with Gasteiger partial charge in [0, 0.05) is 32.7 Å². The summed E-state index contributed by atoms with van der Waals surface area (Å²) in [4.78, 5) is 0. The highest BCUT2D eigenvalue weighted by atomic mass is 28.4. The molecule has 5 heteroatoms. The molecule has 0 amide bonds. The van der Waals surface area contributed by atoms with E-state index in [0.29, 0.717) is 0 Å². The number of hydrogen-bond donors (Lipinski definition) is 0. The summed E-state index contributed by atoms with van der Waals surface area (Å²) in [6, 6.07) is 21.8. The Morgan fingerprint density at radius 2 is 1.25 bits per heavy atom. The highest BCUT2D eigenvalue weighted by molar-refractivity contribution is 6.99. The molecule has 0 spiro atoms. The molecule has 0 aliphatic heterocycles. The van der Waals surface area contributed by atoms with E-state index >= 15 is 0 Å². The summed E-state index contributed by atoms with van der Waals surface area (Å²) in [6.45, 7) is 21.5. The van der Waals surface area contributed by atoms with Crippen molar-refractivity contribution in [1.29, 1.82) is 0 Å². The zero-order valence-corrected chi connectivity index (χ0v) is 29.1. The van der Waals surface area contributed by atoms with Crippen LogP contribution in [-0.4, -0.2) is 42.6 Å². The lowest BCUT2D eigenvalue weighted by molar-refractivity contribution is 0.0738. The van der Waals surface area contributed by atoms with E-state index in [9.17, 15) is 0 Å². The van der Waals surface area contributed by atoms with E-state index in [-0.39, 0.29) is 22.3 Å². The fraction of sp³-hybridized carbons (Fsp3) is 0.600. The molecule has 0 saturated heterocycles. The number of methoxy groups -OCH3 is 1. The first kappa shape index (κ1) is 34.5. The smallest absolute Gasteiger partial charge is 0.261 e. The van der Waals surface area contributed by atoms with Crippen molar-refractivity contribution in [2.45, 2.75) is 122 Å². The van der Waals surface area contributed by atoms with Gasteiger partial charge < -0.3 is 13.6 Å². The Bertz CT molecular complexity index is 1000. The Morgan fingerprint density at radius 3 is 1.73 bits per heavy atom.